The van der Waals surface area contributed by atoms with Gasteiger partial charge < -0.3 is 25.3 Å². The van der Waals surface area contributed by atoms with Gasteiger partial charge in [-0.15, -0.1) is 0 Å². The second-order valence-electron chi connectivity index (χ2n) is 5.03. The molecule has 0 unspecified atom stereocenters. The molecule has 1 aromatic carbocycles. The van der Waals surface area contributed by atoms with Crippen LogP contribution in [0.15, 0.2) is 18.2 Å². The molecule has 0 aliphatic carbocycles. The number of hydrogen-bond donors (Lipinski definition) is 4. The third-order valence-electron chi connectivity index (χ3n) is 2.88. The largest absolute Gasteiger partial charge is 0.493 e. The van der Waals surface area contributed by atoms with Crippen LogP contribution in [0.3, 0.4) is 0 Å². The molecule has 2 amide bonds. The number of methoxy groups -OCH3 is 2. The summed E-state index contributed by atoms with van der Waals surface area (Å²) in [6.07, 6.45) is 0. The molecule has 0 radical (unpaired) electrons. The summed E-state index contributed by atoms with van der Waals surface area (Å²) in [5, 5.41) is 3.19. The van der Waals surface area contributed by atoms with Crippen molar-refractivity contribution >= 4 is 29.1 Å². The van der Waals surface area contributed by atoms with Crippen molar-refractivity contribution in [2.45, 2.75) is 13.0 Å². The lowest BCUT2D eigenvalue weighted by molar-refractivity contribution is -0.119. The summed E-state index contributed by atoms with van der Waals surface area (Å²) in [6, 6.07) is 4.48. The molecule has 0 aliphatic rings. The first kappa shape index (κ1) is 20.5. The number of hydrogen-bond acceptors (Lipinski definition) is 6. The predicted molar refractivity (Wildman–Crippen MR) is 95.4 cm³/mol. The number of carbonyl (C=O) groups excluding carboxylic acids is 2. The first-order chi connectivity index (χ1) is 11.9. The van der Waals surface area contributed by atoms with E-state index >= 15 is 0 Å². The number of amides is 2. The maximum Gasteiger partial charge on any atom is 0.269 e. The number of rotatable bonds is 8. The van der Waals surface area contributed by atoms with Crippen LogP contribution >= 0.6 is 12.2 Å². The Bertz CT molecular complexity index is 626. The highest BCUT2D eigenvalue weighted by Gasteiger charge is 2.12. The number of carbonyl (C=O) groups is 2. The van der Waals surface area contributed by atoms with E-state index < -0.39 is 11.8 Å². The Morgan fingerprint density at radius 3 is 2.56 bits per heavy atom. The normalized spacial score (nSPS) is 11.2. The van der Waals surface area contributed by atoms with Crippen LogP contribution in [0.25, 0.3) is 0 Å². The van der Waals surface area contributed by atoms with Gasteiger partial charge in [-0.2, -0.15) is 0 Å². The molecule has 10 heteroatoms. The van der Waals surface area contributed by atoms with Crippen LogP contribution in [0.1, 0.15) is 17.3 Å². The van der Waals surface area contributed by atoms with Crippen molar-refractivity contribution in [1.82, 2.24) is 16.2 Å². The van der Waals surface area contributed by atoms with Crippen LogP contribution in [-0.4, -0.2) is 50.4 Å². The maximum atomic E-state index is 12.1. The second-order valence-corrected chi connectivity index (χ2v) is 5.44. The zero-order valence-corrected chi connectivity index (χ0v) is 15.1. The average molecular weight is 370 g/mol. The highest BCUT2D eigenvalue weighted by atomic mass is 32.1. The van der Waals surface area contributed by atoms with Gasteiger partial charge in [-0.05, 0) is 37.3 Å². The summed E-state index contributed by atoms with van der Waals surface area (Å²) in [4.78, 5) is 22.9. The summed E-state index contributed by atoms with van der Waals surface area (Å²) >= 11 is 5.06. The Labute approximate surface area is 151 Å². The summed E-state index contributed by atoms with van der Waals surface area (Å²) in [7, 11) is 3.00. The minimum atomic E-state index is -0.614. The Morgan fingerprint density at radius 2 is 1.96 bits per heavy atom. The predicted octanol–water partition coefficient (Wildman–Crippen LogP) is -0.297. The lowest BCUT2D eigenvalue weighted by atomic mass is 10.2. The molecule has 0 fully saturated rings. The number of hydrazine groups is 1. The third kappa shape index (κ3) is 7.23. The van der Waals surface area contributed by atoms with E-state index in [-0.39, 0.29) is 17.8 Å². The first-order valence-electron chi connectivity index (χ1n) is 7.32. The topological polar surface area (TPSA) is 124 Å². The van der Waals surface area contributed by atoms with E-state index in [0.717, 1.165) is 0 Å². The SMILES string of the molecule is COC[C@@H](C)NC(=S)NNC(=O)c1ccc(OCC(N)=O)c(OC)c1. The Hall–Kier alpha value is -2.59. The highest BCUT2D eigenvalue weighted by molar-refractivity contribution is 7.80. The Balaban J connectivity index is 2.63. The highest BCUT2D eigenvalue weighted by Crippen LogP contribution is 2.27. The van der Waals surface area contributed by atoms with Gasteiger partial charge >= 0.3 is 0 Å². The Kier molecular flexibility index (Phi) is 8.44. The lowest BCUT2D eigenvalue weighted by Gasteiger charge is -2.16. The first-order valence-corrected chi connectivity index (χ1v) is 7.73. The average Bonchev–Trinajstić information content (AvgIpc) is 2.57. The van der Waals surface area contributed by atoms with Crippen molar-refractivity contribution in [3.63, 3.8) is 0 Å². The second kappa shape index (κ2) is 10.3. The van der Waals surface area contributed by atoms with Gasteiger partial charge in [0.05, 0.1) is 13.7 Å². The minimum absolute atomic E-state index is 0.0105. The zero-order valence-electron chi connectivity index (χ0n) is 14.3. The molecule has 0 spiro atoms. The van der Waals surface area contributed by atoms with Crippen molar-refractivity contribution in [2.24, 2.45) is 5.73 Å². The van der Waals surface area contributed by atoms with Gasteiger partial charge in [0.25, 0.3) is 11.8 Å². The quantitative estimate of drug-likeness (QED) is 0.363. The number of primary amides is 1. The third-order valence-corrected chi connectivity index (χ3v) is 3.10. The fourth-order valence-electron chi connectivity index (χ4n) is 1.81. The number of nitrogens with two attached hydrogens (primary N) is 1. The standard InChI is InChI=1S/C15H22N4O5S/c1-9(7-22-2)17-15(25)19-18-14(21)10-4-5-11(12(6-10)23-3)24-8-13(16)20/h4-6,9H,7-8H2,1-3H3,(H2,16,20)(H,18,21)(H2,17,19,25)/t9-/m1/s1. The molecule has 1 rings (SSSR count). The van der Waals surface area contributed by atoms with Crippen molar-refractivity contribution < 1.29 is 23.8 Å². The molecule has 0 aliphatic heterocycles. The Morgan fingerprint density at radius 1 is 1.24 bits per heavy atom. The summed E-state index contributed by atoms with van der Waals surface area (Å²) in [5.41, 5.74) is 10.4. The van der Waals surface area contributed by atoms with Crippen LogP contribution < -0.4 is 31.4 Å². The summed E-state index contributed by atoms with van der Waals surface area (Å²) in [6.45, 7) is 2.07. The molecular weight excluding hydrogens is 348 g/mol. The maximum absolute atomic E-state index is 12.1. The molecule has 1 atom stereocenters. The van der Waals surface area contributed by atoms with Gasteiger partial charge in [0, 0.05) is 18.7 Å². The van der Waals surface area contributed by atoms with Gasteiger partial charge in [-0.25, -0.2) is 0 Å². The van der Waals surface area contributed by atoms with Crippen molar-refractivity contribution in [2.75, 3.05) is 27.4 Å². The molecular formula is C15H22N4O5S. The minimum Gasteiger partial charge on any atom is -0.493 e. The van der Waals surface area contributed by atoms with Crippen LogP contribution in [0.5, 0.6) is 11.5 Å². The molecule has 25 heavy (non-hydrogen) atoms. The molecule has 5 N–H and O–H groups in total. The van der Waals surface area contributed by atoms with E-state index in [4.69, 9.17) is 32.2 Å². The number of thiocarbonyl (C=S) groups is 1. The molecule has 0 saturated carbocycles. The molecule has 0 saturated heterocycles. The lowest BCUT2D eigenvalue weighted by Crippen LogP contribution is -2.49. The molecule has 138 valence electrons. The number of nitrogens with one attached hydrogen (secondary N) is 3. The van der Waals surface area contributed by atoms with Crippen molar-refractivity contribution in [3.8, 4) is 11.5 Å². The number of ether oxygens (including phenoxy) is 3. The summed E-state index contributed by atoms with van der Waals surface area (Å²) < 4.78 is 15.3. The fourth-order valence-corrected chi connectivity index (χ4v) is 2.07. The molecule has 0 heterocycles. The van der Waals surface area contributed by atoms with E-state index in [0.29, 0.717) is 23.7 Å². The van der Waals surface area contributed by atoms with Gasteiger partial charge in [-0.3, -0.25) is 20.4 Å². The van der Waals surface area contributed by atoms with E-state index in [1.54, 1.807) is 7.11 Å². The fraction of sp³-hybridized carbons (Fsp3) is 0.400. The van der Waals surface area contributed by atoms with Gasteiger partial charge in [0.2, 0.25) is 0 Å². The van der Waals surface area contributed by atoms with Crippen LogP contribution in [-0.2, 0) is 9.53 Å². The van der Waals surface area contributed by atoms with Crippen molar-refractivity contribution in [3.05, 3.63) is 23.8 Å². The summed E-state index contributed by atoms with van der Waals surface area (Å²) in [5.74, 6) is -0.445. The zero-order chi connectivity index (χ0) is 18.8. The number of benzene rings is 1. The molecule has 1 aromatic rings. The van der Waals surface area contributed by atoms with Gasteiger partial charge in [0.15, 0.2) is 23.2 Å². The van der Waals surface area contributed by atoms with Crippen molar-refractivity contribution in [1.29, 1.82) is 0 Å². The van der Waals surface area contributed by atoms with E-state index in [1.165, 1.54) is 25.3 Å². The van der Waals surface area contributed by atoms with E-state index in [9.17, 15) is 9.59 Å². The van der Waals surface area contributed by atoms with Gasteiger partial charge in [-0.1, -0.05) is 0 Å². The molecule has 0 bridgehead atoms. The van der Waals surface area contributed by atoms with E-state index in [1.807, 2.05) is 6.92 Å². The van der Waals surface area contributed by atoms with Gasteiger partial charge in [0.1, 0.15) is 0 Å². The smallest absolute Gasteiger partial charge is 0.269 e. The van der Waals surface area contributed by atoms with Crippen LogP contribution in [0.4, 0.5) is 0 Å². The van der Waals surface area contributed by atoms with Crippen LogP contribution in [0.2, 0.25) is 0 Å². The monoisotopic (exact) mass is 370 g/mol. The molecule has 0 aromatic heterocycles. The molecule has 9 nitrogen and oxygen atoms in total. The van der Waals surface area contributed by atoms with E-state index in [2.05, 4.69) is 16.2 Å². The van der Waals surface area contributed by atoms with Crippen LogP contribution in [0, 0.1) is 0 Å².